The Labute approximate surface area is 107 Å². The van der Waals surface area contributed by atoms with Crippen LogP contribution in [0.5, 0.6) is 0 Å². The molecule has 18 heavy (non-hydrogen) atoms. The third kappa shape index (κ3) is 1.59. The summed E-state index contributed by atoms with van der Waals surface area (Å²) in [5.74, 6) is -1.32. The van der Waals surface area contributed by atoms with Crippen molar-refractivity contribution in [2.45, 2.75) is 18.9 Å². The maximum absolute atomic E-state index is 12.2. The molecule has 3 heterocycles. The standard InChI is InChI=1S/C13H11NO3S/c15-12(11-2-1-7-18-11)10-4-3-9-8(13(16)17)5-6-14(9)10/h1-4,7-8H,5-6H2,(H,16,17). The number of hydrogen-bond donors (Lipinski definition) is 1. The zero-order valence-electron chi connectivity index (χ0n) is 9.50. The molecule has 4 nitrogen and oxygen atoms in total. The molecule has 1 N–H and O–H groups in total. The summed E-state index contributed by atoms with van der Waals surface area (Å²) in [5.41, 5.74) is 1.33. The zero-order valence-corrected chi connectivity index (χ0v) is 10.3. The van der Waals surface area contributed by atoms with Gasteiger partial charge in [-0.2, -0.15) is 0 Å². The van der Waals surface area contributed by atoms with Gasteiger partial charge < -0.3 is 9.67 Å². The van der Waals surface area contributed by atoms with Crippen molar-refractivity contribution in [3.8, 4) is 0 Å². The van der Waals surface area contributed by atoms with Gasteiger partial charge in [-0.25, -0.2) is 0 Å². The van der Waals surface area contributed by atoms with Gasteiger partial charge in [-0.1, -0.05) is 6.07 Å². The maximum Gasteiger partial charge on any atom is 0.312 e. The van der Waals surface area contributed by atoms with Crippen molar-refractivity contribution in [1.29, 1.82) is 0 Å². The average Bonchev–Trinajstić information content (AvgIpc) is 3.04. The van der Waals surface area contributed by atoms with Crippen molar-refractivity contribution < 1.29 is 14.7 Å². The first-order valence-corrected chi connectivity index (χ1v) is 6.57. The van der Waals surface area contributed by atoms with E-state index in [1.165, 1.54) is 11.3 Å². The molecule has 0 saturated carbocycles. The SMILES string of the molecule is O=C(c1cccs1)c1ccc2n1CCC2C(=O)O. The van der Waals surface area contributed by atoms with Gasteiger partial charge in [0.1, 0.15) is 0 Å². The number of carboxylic acids is 1. The lowest BCUT2D eigenvalue weighted by Crippen LogP contribution is -2.09. The molecule has 1 aliphatic heterocycles. The molecule has 0 bridgehead atoms. The average molecular weight is 261 g/mol. The number of fused-ring (bicyclic) bond motifs is 1. The van der Waals surface area contributed by atoms with Crippen molar-refractivity contribution in [2.24, 2.45) is 0 Å². The lowest BCUT2D eigenvalue weighted by molar-refractivity contribution is -0.138. The molecule has 0 fully saturated rings. The maximum atomic E-state index is 12.2. The predicted octanol–water partition coefficient (Wildman–Crippen LogP) is 2.35. The van der Waals surface area contributed by atoms with Crippen LogP contribution >= 0.6 is 11.3 Å². The number of thiophene rings is 1. The first kappa shape index (κ1) is 11.2. The lowest BCUT2D eigenvalue weighted by atomic mass is 10.1. The molecule has 5 heteroatoms. The largest absolute Gasteiger partial charge is 0.481 e. The first-order valence-electron chi connectivity index (χ1n) is 5.69. The number of carbonyl (C=O) groups excluding carboxylic acids is 1. The summed E-state index contributed by atoms with van der Waals surface area (Å²) in [4.78, 5) is 24.0. The highest BCUT2D eigenvalue weighted by atomic mass is 32.1. The third-order valence-corrected chi connectivity index (χ3v) is 4.16. The van der Waals surface area contributed by atoms with Gasteiger partial charge in [0.15, 0.2) is 0 Å². The van der Waals surface area contributed by atoms with E-state index >= 15 is 0 Å². The van der Waals surface area contributed by atoms with E-state index < -0.39 is 11.9 Å². The molecular formula is C13H11NO3S. The highest BCUT2D eigenvalue weighted by molar-refractivity contribution is 7.12. The van der Waals surface area contributed by atoms with E-state index in [1.807, 2.05) is 16.0 Å². The minimum absolute atomic E-state index is 0.0257. The van der Waals surface area contributed by atoms with E-state index in [-0.39, 0.29) is 5.78 Å². The number of nitrogens with zero attached hydrogens (tertiary/aromatic N) is 1. The van der Waals surface area contributed by atoms with Gasteiger partial charge in [0, 0.05) is 12.2 Å². The number of carboxylic acid groups (broad SMARTS) is 1. The molecule has 1 atom stereocenters. The van der Waals surface area contributed by atoms with Gasteiger partial charge in [-0.3, -0.25) is 9.59 Å². The Morgan fingerprint density at radius 2 is 2.17 bits per heavy atom. The van der Waals surface area contributed by atoms with Crippen LogP contribution in [0.1, 0.15) is 33.4 Å². The Morgan fingerprint density at radius 1 is 1.33 bits per heavy atom. The van der Waals surface area contributed by atoms with Crippen LogP contribution in [0.2, 0.25) is 0 Å². The number of ketones is 1. The fraction of sp³-hybridized carbons (Fsp3) is 0.231. The van der Waals surface area contributed by atoms with Crippen molar-refractivity contribution in [2.75, 3.05) is 0 Å². The molecule has 0 spiro atoms. The van der Waals surface area contributed by atoms with Crippen molar-refractivity contribution >= 4 is 23.1 Å². The van der Waals surface area contributed by atoms with E-state index in [2.05, 4.69) is 0 Å². The number of aliphatic carboxylic acids is 1. The molecule has 2 aromatic rings. The van der Waals surface area contributed by atoms with Crippen LogP contribution in [-0.2, 0) is 11.3 Å². The highest BCUT2D eigenvalue weighted by Gasteiger charge is 2.31. The predicted molar refractivity (Wildman–Crippen MR) is 67.2 cm³/mol. The number of carbonyl (C=O) groups is 2. The smallest absolute Gasteiger partial charge is 0.312 e. The molecule has 1 aliphatic rings. The Balaban J connectivity index is 2.00. The van der Waals surface area contributed by atoms with E-state index in [9.17, 15) is 9.59 Å². The van der Waals surface area contributed by atoms with Gasteiger partial charge in [0.25, 0.3) is 0 Å². The summed E-state index contributed by atoms with van der Waals surface area (Å²) in [6.45, 7) is 0.603. The Kier molecular flexibility index (Phi) is 2.56. The monoisotopic (exact) mass is 261 g/mol. The normalized spacial score (nSPS) is 17.7. The van der Waals surface area contributed by atoms with Crippen molar-refractivity contribution in [3.63, 3.8) is 0 Å². The fourth-order valence-electron chi connectivity index (χ4n) is 2.43. The fourth-order valence-corrected chi connectivity index (χ4v) is 3.10. The van der Waals surface area contributed by atoms with Crippen LogP contribution in [0, 0.1) is 0 Å². The van der Waals surface area contributed by atoms with Gasteiger partial charge in [-0.15, -0.1) is 11.3 Å². The minimum Gasteiger partial charge on any atom is -0.481 e. The second kappa shape index (κ2) is 4.10. The molecule has 3 rings (SSSR count). The molecule has 92 valence electrons. The summed E-state index contributed by atoms with van der Waals surface area (Å²) in [7, 11) is 0. The van der Waals surface area contributed by atoms with Gasteiger partial charge in [0.05, 0.1) is 16.5 Å². The summed E-state index contributed by atoms with van der Waals surface area (Å²) >= 11 is 1.40. The van der Waals surface area contributed by atoms with Gasteiger partial charge >= 0.3 is 5.97 Å². The minimum atomic E-state index is -0.818. The Bertz CT molecular complexity index is 612. The van der Waals surface area contributed by atoms with Crippen molar-refractivity contribution in [3.05, 3.63) is 45.9 Å². The van der Waals surface area contributed by atoms with E-state index in [0.717, 1.165) is 5.69 Å². The Hall–Kier alpha value is -1.88. The number of rotatable bonds is 3. The molecule has 0 saturated heterocycles. The first-order chi connectivity index (χ1) is 8.68. The molecule has 0 amide bonds. The van der Waals surface area contributed by atoms with Crippen LogP contribution in [0.25, 0.3) is 0 Å². The summed E-state index contributed by atoms with van der Waals surface area (Å²) < 4.78 is 1.83. The highest BCUT2D eigenvalue weighted by Crippen LogP contribution is 2.31. The summed E-state index contributed by atoms with van der Waals surface area (Å²) in [6, 6.07) is 7.11. The van der Waals surface area contributed by atoms with Crippen LogP contribution in [0.3, 0.4) is 0 Å². The molecule has 1 unspecified atom stereocenters. The number of aromatic nitrogens is 1. The van der Waals surface area contributed by atoms with E-state index in [0.29, 0.717) is 23.5 Å². The molecule has 0 aromatic carbocycles. The number of hydrogen-bond acceptors (Lipinski definition) is 3. The lowest BCUT2D eigenvalue weighted by Gasteiger charge is -2.04. The zero-order chi connectivity index (χ0) is 12.7. The van der Waals surface area contributed by atoms with Crippen LogP contribution in [-0.4, -0.2) is 21.4 Å². The third-order valence-electron chi connectivity index (χ3n) is 3.29. The van der Waals surface area contributed by atoms with Gasteiger partial charge in [-0.05, 0) is 30.0 Å². The quantitative estimate of drug-likeness (QED) is 0.863. The summed E-state index contributed by atoms with van der Waals surface area (Å²) in [5, 5.41) is 11.0. The van der Waals surface area contributed by atoms with Crippen LogP contribution in [0.4, 0.5) is 0 Å². The topological polar surface area (TPSA) is 59.3 Å². The molecule has 0 radical (unpaired) electrons. The molecular weight excluding hydrogens is 250 g/mol. The van der Waals surface area contributed by atoms with E-state index in [1.54, 1.807) is 18.2 Å². The van der Waals surface area contributed by atoms with Gasteiger partial charge in [0.2, 0.25) is 5.78 Å². The summed E-state index contributed by atoms with van der Waals surface area (Å²) in [6.07, 6.45) is 0.566. The van der Waals surface area contributed by atoms with Crippen LogP contribution < -0.4 is 0 Å². The second-order valence-corrected chi connectivity index (χ2v) is 5.23. The molecule has 2 aromatic heterocycles. The van der Waals surface area contributed by atoms with E-state index in [4.69, 9.17) is 5.11 Å². The molecule has 0 aliphatic carbocycles. The second-order valence-electron chi connectivity index (χ2n) is 4.28. The van der Waals surface area contributed by atoms with Crippen molar-refractivity contribution in [1.82, 2.24) is 4.57 Å². The van der Waals surface area contributed by atoms with Crippen LogP contribution in [0.15, 0.2) is 29.6 Å². The Morgan fingerprint density at radius 3 is 2.83 bits per heavy atom.